The van der Waals surface area contributed by atoms with Crippen LogP contribution in [0.1, 0.15) is 55.8 Å². The average molecular weight is 511 g/mol. The number of pyridine rings is 2. The zero-order valence-corrected chi connectivity index (χ0v) is 21.4. The van der Waals surface area contributed by atoms with Gasteiger partial charge in [0.15, 0.2) is 0 Å². The number of hydrogen-bond donors (Lipinski definition) is 2. The van der Waals surface area contributed by atoms with E-state index in [-0.39, 0.29) is 46.9 Å². The van der Waals surface area contributed by atoms with Gasteiger partial charge < -0.3 is 20.5 Å². The molecule has 3 aromatic rings. The van der Waals surface area contributed by atoms with E-state index >= 15 is 0 Å². The molecule has 0 saturated carbocycles. The SMILES string of the molecule is CCC1OC(c2ccncc2NC(=O)c2ccc(F)c(-c3c(F)cccc3OC)n2)CC(N)C1C(C)C. The third kappa shape index (κ3) is 5.47. The number of carbonyl (C=O) groups is 1. The van der Waals surface area contributed by atoms with Crippen molar-refractivity contribution in [1.29, 1.82) is 0 Å². The molecule has 3 N–H and O–H groups in total. The molecule has 37 heavy (non-hydrogen) atoms. The normalized spacial score (nSPS) is 21.6. The number of benzene rings is 1. The lowest BCUT2D eigenvalue weighted by Gasteiger charge is -2.43. The van der Waals surface area contributed by atoms with Gasteiger partial charge in [-0.3, -0.25) is 9.78 Å². The Morgan fingerprint density at radius 2 is 2.00 bits per heavy atom. The number of halogens is 2. The Hall–Kier alpha value is -3.43. The maximum atomic E-state index is 14.7. The van der Waals surface area contributed by atoms with Crippen LogP contribution in [0, 0.1) is 23.5 Å². The topological polar surface area (TPSA) is 99.4 Å². The highest BCUT2D eigenvalue weighted by atomic mass is 19.1. The summed E-state index contributed by atoms with van der Waals surface area (Å²) in [5.41, 5.74) is 7.19. The second-order valence-electron chi connectivity index (χ2n) is 9.55. The maximum Gasteiger partial charge on any atom is 0.274 e. The Balaban J connectivity index is 1.62. The van der Waals surface area contributed by atoms with Gasteiger partial charge in [-0.25, -0.2) is 13.8 Å². The number of ether oxygens (including phenoxy) is 2. The summed E-state index contributed by atoms with van der Waals surface area (Å²) in [5.74, 6) is -1.37. The van der Waals surface area contributed by atoms with Gasteiger partial charge in [0.05, 0.1) is 36.8 Å². The highest BCUT2D eigenvalue weighted by Crippen LogP contribution is 2.40. The third-order valence-corrected chi connectivity index (χ3v) is 6.88. The summed E-state index contributed by atoms with van der Waals surface area (Å²) >= 11 is 0. The van der Waals surface area contributed by atoms with Crippen LogP contribution in [-0.2, 0) is 4.74 Å². The van der Waals surface area contributed by atoms with Gasteiger partial charge in [0, 0.05) is 23.7 Å². The Kier molecular flexibility index (Phi) is 8.14. The largest absolute Gasteiger partial charge is 0.496 e. The summed E-state index contributed by atoms with van der Waals surface area (Å²) in [6.07, 6.45) is 4.24. The Morgan fingerprint density at radius 3 is 2.70 bits per heavy atom. The molecule has 3 heterocycles. The molecule has 1 aliphatic heterocycles. The number of nitrogens with two attached hydrogens (primary N) is 1. The monoisotopic (exact) mass is 510 g/mol. The molecule has 0 radical (unpaired) electrons. The minimum atomic E-state index is -0.781. The predicted molar refractivity (Wildman–Crippen MR) is 137 cm³/mol. The van der Waals surface area contributed by atoms with E-state index in [0.717, 1.165) is 18.1 Å². The lowest BCUT2D eigenvalue weighted by atomic mass is 9.77. The summed E-state index contributed by atoms with van der Waals surface area (Å²) in [7, 11) is 1.35. The molecule has 0 spiro atoms. The second-order valence-corrected chi connectivity index (χ2v) is 9.55. The number of nitrogens with one attached hydrogen (secondary N) is 1. The van der Waals surface area contributed by atoms with Gasteiger partial charge in [-0.1, -0.05) is 26.8 Å². The van der Waals surface area contributed by atoms with Crippen molar-refractivity contribution >= 4 is 11.6 Å². The second kappa shape index (κ2) is 11.3. The molecule has 1 aromatic carbocycles. The standard InChI is InChI=1S/C28H32F2N4O3/c1-5-22-25(15(2)3)19(31)13-24(37-22)16-11-12-32-14-21(16)34-28(35)20-10-9-18(30)27(33-20)26-17(29)7-6-8-23(26)36-4/h6-12,14-15,19,22,24-25H,5,13,31H2,1-4H3,(H,34,35). The number of methoxy groups -OCH3 is 1. The molecule has 4 rings (SSSR count). The van der Waals surface area contributed by atoms with E-state index in [0.29, 0.717) is 18.0 Å². The zero-order valence-electron chi connectivity index (χ0n) is 21.4. The highest BCUT2D eigenvalue weighted by Gasteiger charge is 2.38. The summed E-state index contributed by atoms with van der Waals surface area (Å²) in [4.78, 5) is 21.5. The molecule has 1 saturated heterocycles. The first kappa shape index (κ1) is 26.6. The fourth-order valence-electron chi connectivity index (χ4n) is 5.15. The van der Waals surface area contributed by atoms with E-state index in [1.807, 2.05) is 0 Å². The molecule has 1 fully saturated rings. The van der Waals surface area contributed by atoms with E-state index < -0.39 is 17.5 Å². The minimum absolute atomic E-state index is 0.0115. The van der Waals surface area contributed by atoms with E-state index in [1.165, 1.54) is 37.6 Å². The van der Waals surface area contributed by atoms with E-state index in [1.54, 1.807) is 12.3 Å². The van der Waals surface area contributed by atoms with Crippen molar-refractivity contribution in [3.63, 3.8) is 0 Å². The van der Waals surface area contributed by atoms with Crippen molar-refractivity contribution in [1.82, 2.24) is 9.97 Å². The minimum Gasteiger partial charge on any atom is -0.496 e. The van der Waals surface area contributed by atoms with Crippen LogP contribution in [0.4, 0.5) is 14.5 Å². The lowest BCUT2D eigenvalue weighted by molar-refractivity contribution is -0.106. The molecule has 9 heteroatoms. The number of amides is 1. The molecule has 4 atom stereocenters. The molecule has 0 aliphatic carbocycles. The third-order valence-electron chi connectivity index (χ3n) is 6.88. The van der Waals surface area contributed by atoms with Gasteiger partial charge in [0.1, 0.15) is 28.8 Å². The highest BCUT2D eigenvalue weighted by molar-refractivity contribution is 6.03. The first-order valence-electron chi connectivity index (χ1n) is 12.4. The van der Waals surface area contributed by atoms with Crippen LogP contribution in [0.2, 0.25) is 0 Å². The van der Waals surface area contributed by atoms with Gasteiger partial charge in [-0.2, -0.15) is 0 Å². The van der Waals surface area contributed by atoms with Crippen LogP contribution in [0.3, 0.4) is 0 Å². The quantitative estimate of drug-likeness (QED) is 0.434. The number of nitrogens with zero attached hydrogens (tertiary/aromatic N) is 2. The van der Waals surface area contributed by atoms with Crippen molar-refractivity contribution in [2.75, 3.05) is 12.4 Å². The molecule has 7 nitrogen and oxygen atoms in total. The van der Waals surface area contributed by atoms with E-state index in [9.17, 15) is 13.6 Å². The van der Waals surface area contributed by atoms with Crippen LogP contribution < -0.4 is 15.8 Å². The molecule has 1 amide bonds. The van der Waals surface area contributed by atoms with Crippen molar-refractivity contribution in [2.45, 2.75) is 51.9 Å². The van der Waals surface area contributed by atoms with Gasteiger partial charge in [0.25, 0.3) is 5.91 Å². The summed E-state index contributed by atoms with van der Waals surface area (Å²) in [6.45, 7) is 6.37. The van der Waals surface area contributed by atoms with Crippen molar-refractivity contribution in [3.05, 3.63) is 71.7 Å². The Morgan fingerprint density at radius 1 is 1.22 bits per heavy atom. The molecule has 0 bridgehead atoms. The van der Waals surface area contributed by atoms with Crippen LogP contribution in [-0.4, -0.2) is 35.1 Å². The van der Waals surface area contributed by atoms with E-state index in [4.69, 9.17) is 15.2 Å². The smallest absolute Gasteiger partial charge is 0.274 e. The van der Waals surface area contributed by atoms with Crippen LogP contribution >= 0.6 is 0 Å². The first-order valence-corrected chi connectivity index (χ1v) is 12.4. The number of rotatable bonds is 7. The molecular formula is C28H32F2N4O3. The van der Waals surface area contributed by atoms with Gasteiger partial charge >= 0.3 is 0 Å². The number of aromatic nitrogens is 2. The van der Waals surface area contributed by atoms with Crippen molar-refractivity contribution in [2.24, 2.45) is 17.6 Å². The first-order chi connectivity index (χ1) is 17.7. The van der Waals surface area contributed by atoms with Crippen LogP contribution in [0.25, 0.3) is 11.3 Å². The van der Waals surface area contributed by atoms with Gasteiger partial charge in [-0.05, 0) is 49.1 Å². The van der Waals surface area contributed by atoms with Crippen molar-refractivity contribution in [3.8, 4) is 17.0 Å². The van der Waals surface area contributed by atoms with Crippen molar-refractivity contribution < 1.29 is 23.0 Å². The van der Waals surface area contributed by atoms with E-state index in [2.05, 4.69) is 36.1 Å². The zero-order chi connectivity index (χ0) is 26.7. The fourth-order valence-corrected chi connectivity index (χ4v) is 5.15. The Bertz CT molecular complexity index is 1270. The molecular weight excluding hydrogens is 478 g/mol. The van der Waals surface area contributed by atoms with Crippen LogP contribution in [0.5, 0.6) is 5.75 Å². The van der Waals surface area contributed by atoms with Gasteiger partial charge in [0.2, 0.25) is 0 Å². The fraction of sp³-hybridized carbons (Fsp3) is 0.393. The molecule has 196 valence electrons. The number of hydrogen-bond acceptors (Lipinski definition) is 6. The molecule has 1 aliphatic rings. The summed E-state index contributed by atoms with van der Waals surface area (Å²) in [5, 5.41) is 2.81. The lowest BCUT2D eigenvalue weighted by Crippen LogP contribution is -2.48. The molecule has 2 aromatic heterocycles. The number of carbonyl (C=O) groups excluding carboxylic acids is 1. The van der Waals surface area contributed by atoms with Gasteiger partial charge in [-0.15, -0.1) is 0 Å². The molecule has 4 unspecified atom stereocenters. The predicted octanol–water partition coefficient (Wildman–Crippen LogP) is 5.52. The summed E-state index contributed by atoms with van der Waals surface area (Å²) in [6, 6.07) is 8.17. The summed E-state index contributed by atoms with van der Waals surface area (Å²) < 4.78 is 40.9. The number of anilines is 1. The van der Waals surface area contributed by atoms with Crippen LogP contribution in [0.15, 0.2) is 48.8 Å². The average Bonchev–Trinajstić information content (AvgIpc) is 2.88. The Labute approximate surface area is 215 Å². The maximum absolute atomic E-state index is 14.7.